The van der Waals surface area contributed by atoms with Gasteiger partial charge in [-0.2, -0.15) is 0 Å². The lowest BCUT2D eigenvalue weighted by Crippen LogP contribution is -2.10. The first-order chi connectivity index (χ1) is 10.1. The second kappa shape index (κ2) is 5.38. The van der Waals surface area contributed by atoms with Gasteiger partial charge in [-0.25, -0.2) is 0 Å². The average molecular weight is 278 g/mol. The van der Waals surface area contributed by atoms with Gasteiger partial charge in [0.15, 0.2) is 0 Å². The molecule has 0 fully saturated rings. The summed E-state index contributed by atoms with van der Waals surface area (Å²) >= 11 is 0. The fourth-order valence-electron chi connectivity index (χ4n) is 3.14. The van der Waals surface area contributed by atoms with Crippen molar-refractivity contribution in [3.63, 3.8) is 0 Å². The topological polar surface area (TPSA) is 30.9 Å². The highest BCUT2D eigenvalue weighted by Crippen LogP contribution is 2.31. The van der Waals surface area contributed by atoms with Crippen LogP contribution in [0.4, 0.5) is 0 Å². The van der Waals surface area contributed by atoms with E-state index in [9.17, 15) is 0 Å². The van der Waals surface area contributed by atoms with Crippen molar-refractivity contribution in [2.75, 3.05) is 0 Å². The zero-order valence-corrected chi connectivity index (χ0v) is 12.8. The molecule has 1 aromatic heterocycles. The zero-order chi connectivity index (χ0) is 15.0. The molecule has 3 rings (SSSR count). The lowest BCUT2D eigenvalue weighted by Gasteiger charge is -2.12. The van der Waals surface area contributed by atoms with Crippen LogP contribution in [0.1, 0.15) is 31.9 Å². The maximum absolute atomic E-state index is 6.30. The molecular weight excluding hydrogens is 256 g/mol. The van der Waals surface area contributed by atoms with Gasteiger partial charge in [0, 0.05) is 34.4 Å². The molecular formula is C19H22N2. The van der Waals surface area contributed by atoms with Crippen LogP contribution in [-0.2, 0) is 6.54 Å². The van der Waals surface area contributed by atoms with Gasteiger partial charge in [0.05, 0.1) is 0 Å². The van der Waals surface area contributed by atoms with Gasteiger partial charge in [0.1, 0.15) is 0 Å². The highest BCUT2D eigenvalue weighted by molar-refractivity contribution is 6.08. The minimum Gasteiger partial charge on any atom is -0.341 e. The van der Waals surface area contributed by atoms with Crippen molar-refractivity contribution in [1.29, 1.82) is 0 Å². The maximum Gasteiger partial charge on any atom is 0.0491 e. The second-order valence-electron chi connectivity index (χ2n) is 5.81. The number of nitrogens with zero attached hydrogens (tertiary/aromatic N) is 1. The van der Waals surface area contributed by atoms with Crippen LogP contribution >= 0.6 is 0 Å². The summed E-state index contributed by atoms with van der Waals surface area (Å²) in [5.74, 6) is 0. The van der Waals surface area contributed by atoms with Gasteiger partial charge in [-0.3, -0.25) is 0 Å². The summed E-state index contributed by atoms with van der Waals surface area (Å²) in [6, 6.07) is 15.2. The lowest BCUT2D eigenvalue weighted by molar-refractivity contribution is 0.718. The van der Waals surface area contributed by atoms with Crippen molar-refractivity contribution >= 4 is 21.8 Å². The Kier molecular flexibility index (Phi) is 3.56. The fourth-order valence-corrected chi connectivity index (χ4v) is 3.14. The molecule has 0 saturated carbocycles. The SMILES string of the molecule is C=C(C)C[C@@H](N)c1ccc2c(c1)c1ccccc1n2CC. The van der Waals surface area contributed by atoms with Crippen molar-refractivity contribution in [3.8, 4) is 0 Å². The third-order valence-electron chi connectivity index (χ3n) is 4.11. The molecule has 2 aromatic carbocycles. The summed E-state index contributed by atoms with van der Waals surface area (Å²) in [5, 5.41) is 2.60. The number of para-hydroxylation sites is 1. The summed E-state index contributed by atoms with van der Waals surface area (Å²) < 4.78 is 2.36. The Morgan fingerprint density at radius 2 is 1.86 bits per heavy atom. The standard InChI is InChI=1S/C19H22N2/c1-4-21-18-8-6-5-7-15(18)16-12-14(9-10-19(16)21)17(20)11-13(2)3/h5-10,12,17H,2,4,11,20H2,1,3H3/t17-/m1/s1. The van der Waals surface area contributed by atoms with Crippen LogP contribution in [-0.4, -0.2) is 4.57 Å². The van der Waals surface area contributed by atoms with Gasteiger partial charge in [-0.05, 0) is 44.0 Å². The highest BCUT2D eigenvalue weighted by Gasteiger charge is 2.12. The van der Waals surface area contributed by atoms with E-state index in [2.05, 4.69) is 60.5 Å². The zero-order valence-electron chi connectivity index (χ0n) is 12.8. The van der Waals surface area contributed by atoms with Crippen molar-refractivity contribution in [2.45, 2.75) is 32.9 Å². The Morgan fingerprint density at radius 1 is 1.14 bits per heavy atom. The Bertz CT molecular complexity index is 811. The first kappa shape index (κ1) is 13.9. The van der Waals surface area contributed by atoms with Crippen molar-refractivity contribution in [3.05, 3.63) is 60.2 Å². The quantitative estimate of drug-likeness (QED) is 0.684. The van der Waals surface area contributed by atoms with Gasteiger partial charge in [-0.15, -0.1) is 6.58 Å². The van der Waals surface area contributed by atoms with Crippen LogP contribution in [0.5, 0.6) is 0 Å². The Labute approximate surface area is 125 Å². The monoisotopic (exact) mass is 278 g/mol. The molecule has 0 aliphatic rings. The van der Waals surface area contributed by atoms with Crippen LogP contribution in [0.15, 0.2) is 54.6 Å². The fraction of sp³-hybridized carbons (Fsp3) is 0.263. The number of aromatic nitrogens is 1. The highest BCUT2D eigenvalue weighted by atomic mass is 15.0. The van der Waals surface area contributed by atoms with Crippen molar-refractivity contribution in [2.24, 2.45) is 5.73 Å². The van der Waals surface area contributed by atoms with Gasteiger partial charge in [-0.1, -0.05) is 29.8 Å². The molecule has 0 bridgehead atoms. The first-order valence-corrected chi connectivity index (χ1v) is 7.52. The molecule has 2 nitrogen and oxygen atoms in total. The summed E-state index contributed by atoms with van der Waals surface area (Å²) in [5.41, 5.74) is 11.2. The smallest absolute Gasteiger partial charge is 0.0491 e. The third kappa shape index (κ3) is 2.36. The predicted octanol–water partition coefficient (Wildman–Crippen LogP) is 4.78. The molecule has 0 radical (unpaired) electrons. The maximum atomic E-state index is 6.30. The molecule has 0 amide bonds. The number of aryl methyl sites for hydroxylation is 1. The summed E-state index contributed by atoms with van der Waals surface area (Å²) in [6.07, 6.45) is 0.831. The van der Waals surface area contributed by atoms with Gasteiger partial charge < -0.3 is 10.3 Å². The van der Waals surface area contributed by atoms with E-state index < -0.39 is 0 Å². The molecule has 1 heterocycles. The number of rotatable bonds is 4. The van der Waals surface area contributed by atoms with Gasteiger partial charge >= 0.3 is 0 Å². The van der Waals surface area contributed by atoms with Crippen molar-refractivity contribution < 1.29 is 0 Å². The molecule has 0 aliphatic heterocycles. The second-order valence-corrected chi connectivity index (χ2v) is 5.81. The van der Waals surface area contributed by atoms with E-state index in [-0.39, 0.29) is 6.04 Å². The summed E-state index contributed by atoms with van der Waals surface area (Å²) in [4.78, 5) is 0. The largest absolute Gasteiger partial charge is 0.341 e. The van der Waals surface area contributed by atoms with E-state index in [0.717, 1.165) is 18.5 Å². The van der Waals surface area contributed by atoms with Crippen LogP contribution in [0.2, 0.25) is 0 Å². The Morgan fingerprint density at radius 3 is 2.57 bits per heavy atom. The molecule has 21 heavy (non-hydrogen) atoms. The molecule has 1 atom stereocenters. The van der Waals surface area contributed by atoms with Crippen LogP contribution in [0, 0.1) is 0 Å². The van der Waals surface area contributed by atoms with Crippen molar-refractivity contribution in [1.82, 2.24) is 4.57 Å². The number of benzene rings is 2. The van der Waals surface area contributed by atoms with E-state index in [1.54, 1.807) is 0 Å². The molecule has 0 aliphatic carbocycles. The third-order valence-corrected chi connectivity index (χ3v) is 4.11. The normalized spacial score (nSPS) is 12.9. The minimum atomic E-state index is 0.0237. The van der Waals surface area contributed by atoms with E-state index in [4.69, 9.17) is 5.73 Å². The van der Waals surface area contributed by atoms with E-state index in [0.29, 0.717) is 0 Å². The molecule has 0 unspecified atom stereocenters. The minimum absolute atomic E-state index is 0.0237. The number of hydrogen-bond donors (Lipinski definition) is 1. The Balaban J connectivity index is 2.21. The van der Waals surface area contributed by atoms with Gasteiger partial charge in [0.25, 0.3) is 0 Å². The summed E-state index contributed by atoms with van der Waals surface area (Å²) in [7, 11) is 0. The number of nitrogens with two attached hydrogens (primary N) is 1. The molecule has 3 aromatic rings. The number of fused-ring (bicyclic) bond motifs is 3. The van der Waals surface area contributed by atoms with Crippen LogP contribution in [0.25, 0.3) is 21.8 Å². The van der Waals surface area contributed by atoms with Gasteiger partial charge in [0.2, 0.25) is 0 Å². The average Bonchev–Trinajstić information content (AvgIpc) is 2.79. The van der Waals surface area contributed by atoms with E-state index in [1.165, 1.54) is 27.4 Å². The first-order valence-electron chi connectivity index (χ1n) is 7.52. The lowest BCUT2D eigenvalue weighted by atomic mass is 9.99. The van der Waals surface area contributed by atoms with Crippen LogP contribution < -0.4 is 5.73 Å². The molecule has 2 N–H and O–H groups in total. The number of hydrogen-bond acceptors (Lipinski definition) is 1. The van der Waals surface area contributed by atoms with Crippen LogP contribution in [0.3, 0.4) is 0 Å². The summed E-state index contributed by atoms with van der Waals surface area (Å²) in [6.45, 7) is 9.16. The van der Waals surface area contributed by atoms with E-state index in [1.807, 2.05) is 6.92 Å². The molecule has 108 valence electrons. The molecule has 0 spiro atoms. The molecule has 2 heteroatoms. The Hall–Kier alpha value is -2.06. The predicted molar refractivity (Wildman–Crippen MR) is 91.5 cm³/mol. The molecule has 0 saturated heterocycles. The van der Waals surface area contributed by atoms with E-state index >= 15 is 0 Å².